The minimum absolute atomic E-state index is 0.240. The molecule has 2 aromatic rings. The molecule has 0 saturated heterocycles. The molecule has 6 heteroatoms. The fourth-order valence-electron chi connectivity index (χ4n) is 2.13. The number of nitrogens with zero attached hydrogens (tertiary/aromatic N) is 3. The van der Waals surface area contributed by atoms with Crippen molar-refractivity contribution >= 4 is 11.5 Å². The van der Waals surface area contributed by atoms with Gasteiger partial charge in [-0.15, -0.1) is 0 Å². The van der Waals surface area contributed by atoms with Crippen LogP contribution in [0.5, 0.6) is 0 Å². The van der Waals surface area contributed by atoms with Crippen molar-refractivity contribution in [3.05, 3.63) is 22.4 Å². The SMILES string of the molecule is Cc1nc(NCC2CCC2)cc2n[nH]c(=O)n12. The van der Waals surface area contributed by atoms with Gasteiger partial charge in [-0.25, -0.2) is 19.3 Å². The van der Waals surface area contributed by atoms with E-state index < -0.39 is 0 Å². The van der Waals surface area contributed by atoms with Gasteiger partial charge in [-0.05, 0) is 25.7 Å². The Morgan fingerprint density at radius 1 is 1.59 bits per heavy atom. The van der Waals surface area contributed by atoms with Crippen LogP contribution in [0.15, 0.2) is 10.9 Å². The van der Waals surface area contributed by atoms with Gasteiger partial charge in [-0.2, -0.15) is 5.10 Å². The predicted octanol–water partition coefficient (Wildman–Crippen LogP) is 0.938. The van der Waals surface area contributed by atoms with Crippen molar-refractivity contribution in [2.45, 2.75) is 26.2 Å². The topological polar surface area (TPSA) is 75.1 Å². The van der Waals surface area contributed by atoms with Gasteiger partial charge in [0, 0.05) is 12.6 Å². The third kappa shape index (κ3) is 1.79. The molecule has 0 spiro atoms. The second kappa shape index (κ2) is 3.87. The zero-order valence-corrected chi connectivity index (χ0v) is 9.73. The van der Waals surface area contributed by atoms with Gasteiger partial charge in [0.05, 0.1) is 0 Å². The highest BCUT2D eigenvalue weighted by atomic mass is 16.1. The molecule has 0 radical (unpaired) electrons. The molecule has 0 aliphatic heterocycles. The molecule has 0 atom stereocenters. The second-order valence-corrected chi connectivity index (χ2v) is 4.59. The number of rotatable bonds is 3. The normalized spacial score (nSPS) is 16.1. The monoisotopic (exact) mass is 233 g/mol. The molecule has 0 unspecified atom stereocenters. The summed E-state index contributed by atoms with van der Waals surface area (Å²) in [6.07, 6.45) is 3.94. The van der Waals surface area contributed by atoms with E-state index in [4.69, 9.17) is 0 Å². The summed E-state index contributed by atoms with van der Waals surface area (Å²) in [6.45, 7) is 2.76. The van der Waals surface area contributed by atoms with Crippen LogP contribution in [0.2, 0.25) is 0 Å². The summed E-state index contributed by atoms with van der Waals surface area (Å²) in [5.74, 6) is 2.22. The molecule has 17 heavy (non-hydrogen) atoms. The minimum Gasteiger partial charge on any atom is -0.370 e. The van der Waals surface area contributed by atoms with Crippen LogP contribution in [0.25, 0.3) is 5.65 Å². The smallest absolute Gasteiger partial charge is 0.349 e. The minimum atomic E-state index is -0.240. The van der Waals surface area contributed by atoms with Gasteiger partial charge in [0.2, 0.25) is 0 Å². The molecule has 1 aliphatic rings. The van der Waals surface area contributed by atoms with E-state index in [0.717, 1.165) is 18.3 Å². The van der Waals surface area contributed by atoms with E-state index in [2.05, 4.69) is 20.5 Å². The molecule has 0 aromatic carbocycles. The highest BCUT2D eigenvalue weighted by Gasteiger charge is 2.17. The maximum atomic E-state index is 11.4. The number of fused-ring (bicyclic) bond motifs is 1. The van der Waals surface area contributed by atoms with Crippen molar-refractivity contribution in [2.75, 3.05) is 11.9 Å². The average Bonchev–Trinajstić information content (AvgIpc) is 2.58. The van der Waals surface area contributed by atoms with Gasteiger partial charge in [0.15, 0.2) is 5.65 Å². The van der Waals surface area contributed by atoms with Gasteiger partial charge in [0.25, 0.3) is 0 Å². The van der Waals surface area contributed by atoms with Crippen molar-refractivity contribution in [1.29, 1.82) is 0 Å². The maximum Gasteiger partial charge on any atom is 0.349 e. The van der Waals surface area contributed by atoms with Gasteiger partial charge < -0.3 is 5.32 Å². The van der Waals surface area contributed by atoms with Crippen molar-refractivity contribution in [1.82, 2.24) is 19.6 Å². The largest absolute Gasteiger partial charge is 0.370 e. The fourth-order valence-corrected chi connectivity index (χ4v) is 2.13. The first-order chi connectivity index (χ1) is 8.24. The molecule has 0 amide bonds. The van der Waals surface area contributed by atoms with E-state index in [-0.39, 0.29) is 5.69 Å². The molecule has 1 aliphatic carbocycles. The number of hydrogen-bond donors (Lipinski definition) is 2. The number of aromatic nitrogens is 4. The Labute approximate surface area is 98.1 Å². The first-order valence-corrected chi connectivity index (χ1v) is 5.93. The van der Waals surface area contributed by atoms with Crippen molar-refractivity contribution in [2.24, 2.45) is 5.92 Å². The summed E-state index contributed by atoms with van der Waals surface area (Å²) in [4.78, 5) is 15.8. The number of aromatic amines is 1. The van der Waals surface area contributed by atoms with E-state index in [0.29, 0.717) is 11.5 Å². The summed E-state index contributed by atoms with van der Waals surface area (Å²) in [7, 11) is 0. The number of aryl methyl sites for hydroxylation is 1. The summed E-state index contributed by atoms with van der Waals surface area (Å²) < 4.78 is 1.47. The Bertz CT molecular complexity index is 595. The first kappa shape index (κ1) is 10.3. The van der Waals surface area contributed by atoms with Gasteiger partial charge >= 0.3 is 5.69 Å². The standard InChI is InChI=1S/C11H15N5O/c1-7-13-9(12-6-8-3-2-4-8)5-10-14-15-11(17)16(7)10/h5,8,12H,2-4,6H2,1H3,(H,15,17). The molecule has 2 N–H and O–H groups in total. The maximum absolute atomic E-state index is 11.4. The van der Waals surface area contributed by atoms with Crippen molar-refractivity contribution in [3.8, 4) is 0 Å². The fraction of sp³-hybridized carbons (Fsp3) is 0.545. The third-order valence-electron chi connectivity index (χ3n) is 3.37. The molecule has 1 fully saturated rings. The van der Waals surface area contributed by atoms with Gasteiger partial charge in [-0.1, -0.05) is 6.42 Å². The Balaban J connectivity index is 1.87. The average molecular weight is 233 g/mol. The number of anilines is 1. The lowest BCUT2D eigenvalue weighted by molar-refractivity contribution is 0.333. The van der Waals surface area contributed by atoms with Crippen LogP contribution < -0.4 is 11.0 Å². The van der Waals surface area contributed by atoms with Crippen molar-refractivity contribution in [3.63, 3.8) is 0 Å². The van der Waals surface area contributed by atoms with Crippen LogP contribution in [0.1, 0.15) is 25.1 Å². The molecule has 3 rings (SSSR count). The summed E-state index contributed by atoms with van der Waals surface area (Å²) >= 11 is 0. The zero-order valence-electron chi connectivity index (χ0n) is 9.73. The van der Waals surface area contributed by atoms with E-state index in [9.17, 15) is 4.79 Å². The molecule has 1 saturated carbocycles. The van der Waals surface area contributed by atoms with Crippen molar-refractivity contribution < 1.29 is 0 Å². The van der Waals surface area contributed by atoms with Crippen LogP contribution in [0, 0.1) is 12.8 Å². The summed E-state index contributed by atoms with van der Waals surface area (Å²) in [6, 6.07) is 1.80. The van der Waals surface area contributed by atoms with E-state index in [1.54, 1.807) is 13.0 Å². The molecule has 0 bridgehead atoms. The predicted molar refractivity (Wildman–Crippen MR) is 64.2 cm³/mol. The lowest BCUT2D eigenvalue weighted by Gasteiger charge is -2.25. The highest BCUT2D eigenvalue weighted by molar-refractivity contribution is 5.49. The molecule has 90 valence electrons. The Morgan fingerprint density at radius 2 is 2.41 bits per heavy atom. The quantitative estimate of drug-likeness (QED) is 0.827. The van der Waals surface area contributed by atoms with E-state index >= 15 is 0 Å². The van der Waals surface area contributed by atoms with E-state index in [1.165, 1.54) is 23.7 Å². The van der Waals surface area contributed by atoms with Crippen LogP contribution >= 0.6 is 0 Å². The molecule has 2 aromatic heterocycles. The number of H-pyrrole nitrogens is 1. The Hall–Kier alpha value is -1.85. The Morgan fingerprint density at radius 3 is 3.12 bits per heavy atom. The van der Waals surface area contributed by atoms with Crippen LogP contribution in [-0.2, 0) is 0 Å². The molecule has 2 heterocycles. The third-order valence-corrected chi connectivity index (χ3v) is 3.37. The Kier molecular flexibility index (Phi) is 2.35. The highest BCUT2D eigenvalue weighted by Crippen LogP contribution is 2.26. The second-order valence-electron chi connectivity index (χ2n) is 4.59. The zero-order chi connectivity index (χ0) is 11.8. The first-order valence-electron chi connectivity index (χ1n) is 5.93. The van der Waals surface area contributed by atoms with Gasteiger partial charge in [-0.3, -0.25) is 0 Å². The van der Waals surface area contributed by atoms with Gasteiger partial charge in [0.1, 0.15) is 11.6 Å². The number of hydrogen-bond acceptors (Lipinski definition) is 4. The molecule has 6 nitrogen and oxygen atoms in total. The van der Waals surface area contributed by atoms with Crippen LogP contribution in [-0.4, -0.2) is 26.1 Å². The lowest BCUT2D eigenvalue weighted by Crippen LogP contribution is -2.22. The van der Waals surface area contributed by atoms with E-state index in [1.807, 2.05) is 0 Å². The summed E-state index contributed by atoms with van der Waals surface area (Å²) in [5, 5.41) is 9.68. The lowest BCUT2D eigenvalue weighted by atomic mass is 9.85. The molecular weight excluding hydrogens is 218 g/mol. The molecular formula is C11H15N5O. The number of nitrogens with one attached hydrogen (secondary N) is 2. The van der Waals surface area contributed by atoms with Crippen LogP contribution in [0.4, 0.5) is 5.82 Å². The van der Waals surface area contributed by atoms with Crippen LogP contribution in [0.3, 0.4) is 0 Å². The summed E-state index contributed by atoms with van der Waals surface area (Å²) in [5.41, 5.74) is 0.370.